The second-order valence-corrected chi connectivity index (χ2v) is 3.89. The van der Waals surface area contributed by atoms with Crippen LogP contribution in [-0.4, -0.2) is 20.2 Å². The second kappa shape index (κ2) is 4.70. The van der Waals surface area contributed by atoms with E-state index in [0.29, 0.717) is 5.02 Å². The van der Waals surface area contributed by atoms with E-state index in [1.807, 2.05) is 0 Å². The van der Waals surface area contributed by atoms with Crippen molar-refractivity contribution in [3.8, 4) is 5.75 Å². The number of benzene rings is 1. The van der Waals surface area contributed by atoms with E-state index in [1.54, 1.807) is 0 Å². The van der Waals surface area contributed by atoms with Gasteiger partial charge in [-0.1, -0.05) is 11.6 Å². The van der Waals surface area contributed by atoms with Crippen LogP contribution in [0.2, 0.25) is 5.02 Å². The standard InChI is InChI=1S/C12H9ClO5/c1-16-9-4-6(13)3-7-8(14)5-10(12(15)17-2)18-11(7)9/h3-5H,1-2H3. The van der Waals surface area contributed by atoms with E-state index >= 15 is 0 Å². The number of esters is 1. The van der Waals surface area contributed by atoms with Gasteiger partial charge in [-0.15, -0.1) is 0 Å². The Bertz CT molecular complexity index is 674. The van der Waals surface area contributed by atoms with Gasteiger partial charge in [0.2, 0.25) is 5.76 Å². The summed E-state index contributed by atoms with van der Waals surface area (Å²) in [6.45, 7) is 0. The Labute approximate surface area is 107 Å². The molecule has 5 nitrogen and oxygen atoms in total. The fourth-order valence-corrected chi connectivity index (χ4v) is 1.75. The van der Waals surface area contributed by atoms with Crippen molar-refractivity contribution in [3.05, 3.63) is 39.2 Å². The Morgan fingerprint density at radius 2 is 2.00 bits per heavy atom. The lowest BCUT2D eigenvalue weighted by Gasteiger charge is -2.06. The average molecular weight is 269 g/mol. The molecule has 0 N–H and O–H groups in total. The fraction of sp³-hybridized carbons (Fsp3) is 0.167. The maximum atomic E-state index is 11.9. The maximum absolute atomic E-state index is 11.9. The molecule has 0 bridgehead atoms. The van der Waals surface area contributed by atoms with Crippen LogP contribution in [0.4, 0.5) is 0 Å². The minimum atomic E-state index is -0.731. The van der Waals surface area contributed by atoms with Crippen molar-refractivity contribution in [2.45, 2.75) is 0 Å². The molecule has 0 unspecified atom stereocenters. The Balaban J connectivity index is 2.83. The molecule has 0 saturated heterocycles. The molecule has 0 spiro atoms. The molecule has 0 saturated carbocycles. The van der Waals surface area contributed by atoms with E-state index in [1.165, 1.54) is 26.4 Å². The van der Waals surface area contributed by atoms with Gasteiger partial charge in [-0.05, 0) is 6.07 Å². The zero-order chi connectivity index (χ0) is 13.3. The number of fused-ring (bicyclic) bond motifs is 1. The third-order valence-corrected chi connectivity index (χ3v) is 2.58. The third kappa shape index (κ3) is 2.04. The summed E-state index contributed by atoms with van der Waals surface area (Å²) in [4.78, 5) is 23.2. The van der Waals surface area contributed by atoms with Crippen molar-refractivity contribution in [2.75, 3.05) is 14.2 Å². The number of rotatable bonds is 2. The van der Waals surface area contributed by atoms with Crippen molar-refractivity contribution in [1.82, 2.24) is 0 Å². The van der Waals surface area contributed by atoms with Gasteiger partial charge in [-0.2, -0.15) is 0 Å². The zero-order valence-electron chi connectivity index (χ0n) is 9.65. The van der Waals surface area contributed by atoms with Crippen LogP contribution in [-0.2, 0) is 4.74 Å². The van der Waals surface area contributed by atoms with Crippen LogP contribution in [0.15, 0.2) is 27.4 Å². The van der Waals surface area contributed by atoms with Gasteiger partial charge in [-0.3, -0.25) is 4.79 Å². The van der Waals surface area contributed by atoms with Crippen molar-refractivity contribution in [3.63, 3.8) is 0 Å². The van der Waals surface area contributed by atoms with Gasteiger partial charge in [0.25, 0.3) is 0 Å². The van der Waals surface area contributed by atoms with Crippen LogP contribution < -0.4 is 10.2 Å². The van der Waals surface area contributed by atoms with Crippen LogP contribution in [0.3, 0.4) is 0 Å². The maximum Gasteiger partial charge on any atom is 0.374 e. The van der Waals surface area contributed by atoms with E-state index in [2.05, 4.69) is 4.74 Å². The van der Waals surface area contributed by atoms with Gasteiger partial charge >= 0.3 is 5.97 Å². The number of methoxy groups -OCH3 is 2. The molecule has 0 aliphatic rings. The summed E-state index contributed by atoms with van der Waals surface area (Å²) in [5.74, 6) is -0.637. The van der Waals surface area contributed by atoms with E-state index in [0.717, 1.165) is 6.07 Å². The SMILES string of the molecule is COC(=O)c1cc(=O)c2cc(Cl)cc(OC)c2o1. The smallest absolute Gasteiger partial charge is 0.374 e. The zero-order valence-corrected chi connectivity index (χ0v) is 10.4. The lowest BCUT2D eigenvalue weighted by molar-refractivity contribution is 0.0565. The van der Waals surface area contributed by atoms with Crippen molar-refractivity contribution in [2.24, 2.45) is 0 Å². The van der Waals surface area contributed by atoms with E-state index in [4.69, 9.17) is 20.8 Å². The van der Waals surface area contributed by atoms with Crippen LogP contribution in [0, 0.1) is 0 Å². The molecule has 1 heterocycles. The molecule has 0 atom stereocenters. The summed E-state index contributed by atoms with van der Waals surface area (Å²) in [5, 5.41) is 0.587. The molecule has 6 heteroatoms. The summed E-state index contributed by atoms with van der Waals surface area (Å²) in [6, 6.07) is 4.00. The summed E-state index contributed by atoms with van der Waals surface area (Å²) in [5.41, 5.74) is -0.229. The van der Waals surface area contributed by atoms with Crippen LogP contribution in [0.25, 0.3) is 11.0 Å². The van der Waals surface area contributed by atoms with Crippen molar-refractivity contribution in [1.29, 1.82) is 0 Å². The number of carbonyl (C=O) groups is 1. The number of ether oxygens (including phenoxy) is 2. The largest absolute Gasteiger partial charge is 0.493 e. The van der Waals surface area contributed by atoms with Gasteiger partial charge in [0.05, 0.1) is 19.6 Å². The second-order valence-electron chi connectivity index (χ2n) is 3.45. The van der Waals surface area contributed by atoms with Gasteiger partial charge in [0.15, 0.2) is 16.8 Å². The molecule has 18 heavy (non-hydrogen) atoms. The Morgan fingerprint density at radius 1 is 1.28 bits per heavy atom. The van der Waals surface area contributed by atoms with E-state index in [-0.39, 0.29) is 22.5 Å². The van der Waals surface area contributed by atoms with E-state index in [9.17, 15) is 9.59 Å². The minimum absolute atomic E-state index is 0.162. The average Bonchev–Trinajstić information content (AvgIpc) is 2.37. The minimum Gasteiger partial charge on any atom is -0.493 e. The highest BCUT2D eigenvalue weighted by atomic mass is 35.5. The molecule has 0 amide bonds. The molecule has 1 aromatic heterocycles. The highest BCUT2D eigenvalue weighted by molar-refractivity contribution is 6.31. The summed E-state index contributed by atoms with van der Waals surface area (Å²) >= 11 is 5.85. The van der Waals surface area contributed by atoms with Gasteiger partial charge in [-0.25, -0.2) is 4.79 Å². The van der Waals surface area contributed by atoms with Gasteiger partial charge in [0, 0.05) is 17.2 Å². The highest BCUT2D eigenvalue weighted by Gasteiger charge is 2.15. The molecule has 0 aliphatic heterocycles. The molecule has 1 aromatic carbocycles. The Morgan fingerprint density at radius 3 is 2.61 bits per heavy atom. The summed E-state index contributed by atoms with van der Waals surface area (Å²) in [6.07, 6.45) is 0. The number of hydrogen-bond acceptors (Lipinski definition) is 5. The fourth-order valence-electron chi connectivity index (χ4n) is 1.55. The molecule has 0 fully saturated rings. The lowest BCUT2D eigenvalue weighted by Crippen LogP contribution is -2.08. The molecule has 2 rings (SSSR count). The first kappa shape index (κ1) is 12.4. The predicted molar refractivity (Wildman–Crippen MR) is 65.4 cm³/mol. The first-order chi connectivity index (χ1) is 8.56. The van der Waals surface area contributed by atoms with Gasteiger partial charge < -0.3 is 13.9 Å². The van der Waals surface area contributed by atoms with Crippen molar-refractivity contribution < 1.29 is 18.7 Å². The highest BCUT2D eigenvalue weighted by Crippen LogP contribution is 2.28. The number of hydrogen-bond donors (Lipinski definition) is 0. The molecular weight excluding hydrogens is 260 g/mol. The summed E-state index contributed by atoms with van der Waals surface area (Å²) in [7, 11) is 2.61. The predicted octanol–water partition coefficient (Wildman–Crippen LogP) is 2.24. The van der Waals surface area contributed by atoms with Crippen molar-refractivity contribution >= 4 is 28.5 Å². The molecule has 0 radical (unpaired) electrons. The number of carbonyl (C=O) groups excluding carboxylic acids is 1. The Kier molecular flexibility index (Phi) is 3.25. The first-order valence-electron chi connectivity index (χ1n) is 4.96. The quantitative estimate of drug-likeness (QED) is 0.782. The van der Waals surface area contributed by atoms with E-state index < -0.39 is 11.4 Å². The molecule has 0 aliphatic carbocycles. The van der Waals surface area contributed by atoms with Crippen LogP contribution in [0.1, 0.15) is 10.6 Å². The molecule has 94 valence electrons. The number of halogens is 1. The van der Waals surface area contributed by atoms with Gasteiger partial charge in [0.1, 0.15) is 0 Å². The molecular formula is C12H9ClO5. The topological polar surface area (TPSA) is 65.7 Å². The lowest BCUT2D eigenvalue weighted by atomic mass is 10.2. The monoisotopic (exact) mass is 268 g/mol. The Hall–Kier alpha value is -2.01. The first-order valence-corrected chi connectivity index (χ1v) is 5.34. The molecule has 2 aromatic rings. The van der Waals surface area contributed by atoms with Crippen LogP contribution >= 0.6 is 11.6 Å². The normalized spacial score (nSPS) is 10.4. The third-order valence-electron chi connectivity index (χ3n) is 2.37. The van der Waals surface area contributed by atoms with Crippen LogP contribution in [0.5, 0.6) is 5.75 Å². The summed E-state index contributed by atoms with van der Waals surface area (Å²) < 4.78 is 14.9.